The van der Waals surface area contributed by atoms with Gasteiger partial charge < -0.3 is 20.1 Å². The summed E-state index contributed by atoms with van der Waals surface area (Å²) in [5, 5.41) is 12.1. The molecule has 0 radical (unpaired) electrons. The van der Waals surface area contributed by atoms with Crippen molar-refractivity contribution in [2.45, 2.75) is 64.5 Å². The molecule has 1 aliphatic heterocycles. The number of hydrogen-bond donors (Lipinski definition) is 2. The van der Waals surface area contributed by atoms with Crippen molar-refractivity contribution in [3.05, 3.63) is 59.7 Å². The molecule has 1 fully saturated rings. The van der Waals surface area contributed by atoms with Crippen molar-refractivity contribution in [2.24, 2.45) is 5.41 Å². The molecule has 7 heteroatoms. The smallest absolute Gasteiger partial charge is 0.407 e. The molecular weight excluding hydrogens is 444 g/mol. The summed E-state index contributed by atoms with van der Waals surface area (Å²) in [6, 6.07) is 15.1. The van der Waals surface area contributed by atoms with Crippen LogP contribution in [0.3, 0.4) is 0 Å². The molecule has 1 aliphatic carbocycles. The van der Waals surface area contributed by atoms with E-state index in [1.54, 1.807) is 4.90 Å². The minimum atomic E-state index is -0.925. The lowest BCUT2D eigenvalue weighted by molar-refractivity contribution is -0.144. The molecule has 2 amide bonds. The third-order valence-electron chi connectivity index (χ3n) is 7.04. The normalized spacial score (nSPS) is 18.4. The summed E-state index contributed by atoms with van der Waals surface area (Å²) >= 11 is 0. The highest BCUT2D eigenvalue weighted by molar-refractivity contribution is 5.87. The number of carboxylic acids is 1. The number of benzene rings is 2. The molecule has 2 aromatic rings. The molecule has 0 saturated carbocycles. The summed E-state index contributed by atoms with van der Waals surface area (Å²) in [5.41, 5.74) is 3.96. The summed E-state index contributed by atoms with van der Waals surface area (Å²) in [4.78, 5) is 39.4. The predicted octanol–water partition coefficient (Wildman–Crippen LogP) is 4.80. The van der Waals surface area contributed by atoms with Gasteiger partial charge in [-0.2, -0.15) is 0 Å². The Balaban J connectivity index is 1.46. The van der Waals surface area contributed by atoms with E-state index < -0.39 is 23.5 Å². The number of amides is 2. The molecule has 1 unspecified atom stereocenters. The minimum Gasteiger partial charge on any atom is -0.481 e. The van der Waals surface area contributed by atoms with Crippen LogP contribution in [0.2, 0.25) is 0 Å². The monoisotopic (exact) mass is 478 g/mol. The molecule has 0 spiro atoms. The second kappa shape index (κ2) is 10.1. The van der Waals surface area contributed by atoms with Gasteiger partial charge >= 0.3 is 12.1 Å². The lowest BCUT2D eigenvalue weighted by atomic mass is 9.84. The molecule has 186 valence electrons. The van der Waals surface area contributed by atoms with Crippen LogP contribution in [0.4, 0.5) is 4.79 Å². The Hall–Kier alpha value is -3.35. The molecule has 0 bridgehead atoms. The summed E-state index contributed by atoms with van der Waals surface area (Å²) in [6.07, 6.45) is 1.63. The zero-order chi connectivity index (χ0) is 25.2. The molecule has 1 saturated heterocycles. The van der Waals surface area contributed by atoms with Gasteiger partial charge in [0.25, 0.3) is 0 Å². The van der Waals surface area contributed by atoms with Gasteiger partial charge in [-0.1, -0.05) is 69.3 Å². The average molecular weight is 479 g/mol. The Kier molecular flexibility index (Phi) is 7.15. The van der Waals surface area contributed by atoms with Crippen LogP contribution in [0.1, 0.15) is 63.5 Å². The van der Waals surface area contributed by atoms with Gasteiger partial charge in [0.2, 0.25) is 5.91 Å². The first-order chi connectivity index (χ1) is 16.7. The highest BCUT2D eigenvalue weighted by Crippen LogP contribution is 2.44. The molecule has 1 heterocycles. The third-order valence-corrected chi connectivity index (χ3v) is 7.04. The number of likely N-dealkylation sites (tertiary alicyclic amines) is 1. The maximum absolute atomic E-state index is 13.5. The standard InChI is InChI=1S/C28H34N2O5/c1-28(2,3)25(26(33)30-15-9-8-10-18(30)16-24(31)32)29-27(34)35-17-23-21-13-6-4-11-19(21)20-12-5-7-14-22(20)23/h4-7,11-14,18,23,25H,8-10,15-17H2,1-3H3,(H,29,34)(H,31,32)/t18-,25?/m1/s1. The van der Waals surface area contributed by atoms with Crippen LogP contribution in [0.15, 0.2) is 48.5 Å². The second-order valence-corrected chi connectivity index (χ2v) is 10.5. The van der Waals surface area contributed by atoms with Gasteiger partial charge in [0.1, 0.15) is 12.6 Å². The predicted molar refractivity (Wildman–Crippen MR) is 133 cm³/mol. The number of fused-ring (bicyclic) bond motifs is 3. The van der Waals surface area contributed by atoms with E-state index in [0.29, 0.717) is 13.0 Å². The van der Waals surface area contributed by atoms with E-state index in [1.165, 1.54) is 0 Å². The van der Waals surface area contributed by atoms with Gasteiger partial charge in [0, 0.05) is 18.5 Å². The Morgan fingerprint density at radius 1 is 1.03 bits per heavy atom. The van der Waals surface area contributed by atoms with Crippen molar-refractivity contribution in [2.75, 3.05) is 13.2 Å². The fraction of sp³-hybridized carbons (Fsp3) is 0.464. The Morgan fingerprint density at radius 3 is 2.20 bits per heavy atom. The number of rotatable bonds is 6. The van der Waals surface area contributed by atoms with Crippen molar-refractivity contribution >= 4 is 18.0 Å². The highest BCUT2D eigenvalue weighted by atomic mass is 16.5. The number of alkyl carbamates (subject to hydrolysis) is 1. The maximum Gasteiger partial charge on any atom is 0.407 e. The van der Waals surface area contributed by atoms with Gasteiger partial charge in [-0.25, -0.2) is 4.79 Å². The Bertz CT molecular complexity index is 1060. The quantitative estimate of drug-likeness (QED) is 0.622. The van der Waals surface area contributed by atoms with Crippen LogP contribution in [-0.4, -0.2) is 53.2 Å². The number of carbonyl (C=O) groups is 3. The van der Waals surface area contributed by atoms with Gasteiger partial charge in [0.05, 0.1) is 6.42 Å². The molecule has 2 N–H and O–H groups in total. The number of nitrogens with one attached hydrogen (secondary N) is 1. The zero-order valence-electron chi connectivity index (χ0n) is 20.6. The summed E-state index contributed by atoms with van der Waals surface area (Å²) in [6.45, 7) is 6.31. The zero-order valence-corrected chi connectivity index (χ0v) is 20.6. The van der Waals surface area contributed by atoms with Crippen LogP contribution >= 0.6 is 0 Å². The lowest BCUT2D eigenvalue weighted by Gasteiger charge is -2.40. The fourth-order valence-corrected chi connectivity index (χ4v) is 5.28. The number of ether oxygens (including phenoxy) is 1. The number of nitrogens with zero attached hydrogens (tertiary/aromatic N) is 1. The third kappa shape index (κ3) is 5.34. The molecule has 2 aliphatic rings. The van der Waals surface area contributed by atoms with E-state index >= 15 is 0 Å². The van der Waals surface area contributed by atoms with Gasteiger partial charge in [0.15, 0.2) is 0 Å². The number of carboxylic acid groups (broad SMARTS) is 1. The topological polar surface area (TPSA) is 95.9 Å². The van der Waals surface area contributed by atoms with E-state index in [-0.39, 0.29) is 30.9 Å². The number of hydrogen-bond acceptors (Lipinski definition) is 4. The van der Waals surface area contributed by atoms with E-state index in [1.807, 2.05) is 45.0 Å². The lowest BCUT2D eigenvalue weighted by Crippen LogP contribution is -2.58. The number of carbonyl (C=O) groups excluding carboxylic acids is 2. The van der Waals surface area contributed by atoms with Crippen LogP contribution in [0, 0.1) is 5.41 Å². The van der Waals surface area contributed by atoms with Crippen LogP contribution < -0.4 is 5.32 Å². The first-order valence-corrected chi connectivity index (χ1v) is 12.3. The molecule has 0 aromatic heterocycles. The van der Waals surface area contributed by atoms with E-state index in [9.17, 15) is 19.5 Å². The molecule has 2 atom stereocenters. The minimum absolute atomic E-state index is 0.0704. The molecule has 2 aromatic carbocycles. The summed E-state index contributed by atoms with van der Waals surface area (Å²) in [7, 11) is 0. The first-order valence-electron chi connectivity index (χ1n) is 12.3. The van der Waals surface area contributed by atoms with Gasteiger partial charge in [-0.05, 0) is 46.9 Å². The maximum atomic E-state index is 13.5. The van der Waals surface area contributed by atoms with Crippen LogP contribution in [-0.2, 0) is 14.3 Å². The van der Waals surface area contributed by atoms with Crippen molar-refractivity contribution in [1.82, 2.24) is 10.2 Å². The van der Waals surface area contributed by atoms with E-state index in [4.69, 9.17) is 4.74 Å². The largest absolute Gasteiger partial charge is 0.481 e. The fourth-order valence-electron chi connectivity index (χ4n) is 5.28. The Labute approximate surface area is 206 Å². The van der Waals surface area contributed by atoms with Gasteiger partial charge in [-0.3, -0.25) is 9.59 Å². The number of piperidine rings is 1. The highest BCUT2D eigenvalue weighted by Gasteiger charge is 2.40. The second-order valence-electron chi connectivity index (χ2n) is 10.5. The molecule has 35 heavy (non-hydrogen) atoms. The van der Waals surface area contributed by atoms with E-state index in [2.05, 4.69) is 29.6 Å². The molecular formula is C28H34N2O5. The van der Waals surface area contributed by atoms with Crippen molar-refractivity contribution in [3.8, 4) is 11.1 Å². The van der Waals surface area contributed by atoms with Crippen LogP contribution in [0.25, 0.3) is 11.1 Å². The SMILES string of the molecule is CC(C)(C)C(NC(=O)OCC1c2ccccc2-c2ccccc21)C(=O)N1CCCC[C@@H]1CC(=O)O. The average Bonchev–Trinajstić information content (AvgIpc) is 3.14. The number of aliphatic carboxylic acids is 1. The first kappa shape index (κ1) is 24.8. The van der Waals surface area contributed by atoms with Crippen molar-refractivity contribution in [3.63, 3.8) is 0 Å². The Morgan fingerprint density at radius 2 is 1.63 bits per heavy atom. The summed E-state index contributed by atoms with van der Waals surface area (Å²) < 4.78 is 5.68. The molecule has 4 rings (SSSR count). The van der Waals surface area contributed by atoms with Crippen LogP contribution in [0.5, 0.6) is 0 Å². The van der Waals surface area contributed by atoms with Gasteiger partial charge in [-0.15, -0.1) is 0 Å². The van der Waals surface area contributed by atoms with Crippen molar-refractivity contribution in [1.29, 1.82) is 0 Å². The molecule has 7 nitrogen and oxygen atoms in total. The van der Waals surface area contributed by atoms with E-state index in [0.717, 1.165) is 35.1 Å². The summed E-state index contributed by atoms with van der Waals surface area (Å²) in [5.74, 6) is -1.25. The van der Waals surface area contributed by atoms with Crippen molar-refractivity contribution < 1.29 is 24.2 Å².